The molecule has 0 nitrogen and oxygen atoms in total. The Balaban J connectivity index is 3.08. The van der Waals surface area contributed by atoms with Crippen LogP contribution in [0.4, 0.5) is 0 Å². The Labute approximate surface area is 58.0 Å². The zero-order valence-corrected chi connectivity index (χ0v) is 6.06. The van der Waals surface area contributed by atoms with Crippen LogP contribution in [-0.4, -0.2) is 0 Å². The third-order valence-corrected chi connectivity index (χ3v) is 1.38. The van der Waals surface area contributed by atoms with Gasteiger partial charge in [0.05, 0.1) is 0 Å². The molecule has 0 aromatic carbocycles. The fourth-order valence-corrected chi connectivity index (χ4v) is 0.644. The summed E-state index contributed by atoms with van der Waals surface area (Å²) in [5.74, 6) is 3.24. The number of unbranched alkanes of at least 4 members (excludes halogenated alkanes) is 1. The summed E-state index contributed by atoms with van der Waals surface area (Å²) in [7, 11) is 0. The van der Waals surface area contributed by atoms with Gasteiger partial charge in [-0.1, -0.05) is 13.0 Å². The molecule has 0 rings (SSSR count). The van der Waals surface area contributed by atoms with Crippen molar-refractivity contribution in [3.63, 3.8) is 0 Å². The minimum atomic E-state index is 0.623. The first-order valence-electron chi connectivity index (χ1n) is 3.37. The van der Waals surface area contributed by atoms with Crippen molar-refractivity contribution in [1.82, 2.24) is 0 Å². The third kappa shape index (κ3) is 5.17. The average Bonchev–Trinajstić information content (AvgIpc) is 1.89. The van der Waals surface area contributed by atoms with E-state index in [2.05, 4.69) is 19.4 Å². The summed E-state index contributed by atoms with van der Waals surface area (Å²) >= 11 is 0. The topological polar surface area (TPSA) is 0 Å². The van der Waals surface area contributed by atoms with Crippen LogP contribution < -0.4 is 0 Å². The van der Waals surface area contributed by atoms with E-state index in [-0.39, 0.29) is 0 Å². The molecule has 0 radical (unpaired) electrons. The minimum absolute atomic E-state index is 0.623. The summed E-state index contributed by atoms with van der Waals surface area (Å²) in [5.41, 5.74) is 0. The van der Waals surface area contributed by atoms with Crippen LogP contribution >= 0.6 is 0 Å². The van der Waals surface area contributed by atoms with E-state index in [9.17, 15) is 0 Å². The van der Waals surface area contributed by atoms with Crippen LogP contribution in [0, 0.1) is 18.3 Å². The van der Waals surface area contributed by atoms with Crippen molar-refractivity contribution in [3.05, 3.63) is 12.7 Å². The number of hydrogen-bond donors (Lipinski definition) is 0. The van der Waals surface area contributed by atoms with Gasteiger partial charge in [0.1, 0.15) is 0 Å². The van der Waals surface area contributed by atoms with Gasteiger partial charge in [-0.3, -0.25) is 0 Å². The maximum atomic E-state index is 5.08. The van der Waals surface area contributed by atoms with Crippen molar-refractivity contribution in [2.45, 2.75) is 26.2 Å². The molecule has 1 atom stereocenters. The maximum absolute atomic E-state index is 5.08. The average molecular weight is 122 g/mol. The second-order valence-electron chi connectivity index (χ2n) is 2.31. The van der Waals surface area contributed by atoms with E-state index < -0.39 is 0 Å². The fraction of sp³-hybridized carbons (Fsp3) is 0.556. The first kappa shape index (κ1) is 8.30. The van der Waals surface area contributed by atoms with Crippen LogP contribution in [0.25, 0.3) is 0 Å². The zero-order chi connectivity index (χ0) is 7.11. The summed E-state index contributed by atoms with van der Waals surface area (Å²) in [6, 6.07) is 0. The molecular weight excluding hydrogens is 108 g/mol. The molecule has 0 unspecified atom stereocenters. The molecule has 0 amide bonds. The van der Waals surface area contributed by atoms with Gasteiger partial charge in [-0.2, -0.15) is 0 Å². The Bertz CT molecular complexity index is 106. The lowest BCUT2D eigenvalue weighted by Gasteiger charge is -2.00. The van der Waals surface area contributed by atoms with Crippen LogP contribution in [0.5, 0.6) is 0 Å². The highest BCUT2D eigenvalue weighted by molar-refractivity contribution is 4.84. The monoisotopic (exact) mass is 122 g/mol. The third-order valence-electron chi connectivity index (χ3n) is 1.38. The van der Waals surface area contributed by atoms with Crippen LogP contribution in [-0.2, 0) is 0 Å². The Morgan fingerprint density at radius 2 is 2.44 bits per heavy atom. The molecule has 0 saturated heterocycles. The number of hydrogen-bond acceptors (Lipinski definition) is 0. The van der Waals surface area contributed by atoms with Gasteiger partial charge in [-0.05, 0) is 18.8 Å². The minimum Gasteiger partial charge on any atom is -0.120 e. The van der Waals surface area contributed by atoms with Crippen LogP contribution in [0.2, 0.25) is 0 Å². The lowest BCUT2D eigenvalue weighted by atomic mass is 10.1. The van der Waals surface area contributed by atoms with Crippen molar-refractivity contribution < 1.29 is 0 Å². The van der Waals surface area contributed by atoms with Crippen molar-refractivity contribution in [3.8, 4) is 12.3 Å². The van der Waals surface area contributed by atoms with E-state index in [4.69, 9.17) is 6.42 Å². The highest BCUT2D eigenvalue weighted by Crippen LogP contribution is 2.06. The van der Waals surface area contributed by atoms with E-state index in [1.165, 1.54) is 6.42 Å². The van der Waals surface area contributed by atoms with Crippen LogP contribution in [0.3, 0.4) is 0 Å². The van der Waals surface area contributed by atoms with Crippen molar-refractivity contribution in [1.29, 1.82) is 0 Å². The van der Waals surface area contributed by atoms with E-state index in [0.717, 1.165) is 12.8 Å². The molecule has 0 aliphatic carbocycles. The molecule has 0 bridgehead atoms. The lowest BCUT2D eigenvalue weighted by Crippen LogP contribution is -1.86. The largest absolute Gasteiger partial charge is 0.120 e. The van der Waals surface area contributed by atoms with E-state index in [1.54, 1.807) is 0 Å². The summed E-state index contributed by atoms with van der Waals surface area (Å²) in [4.78, 5) is 0. The van der Waals surface area contributed by atoms with E-state index in [1.807, 2.05) is 6.08 Å². The molecule has 0 aromatic heterocycles. The fourth-order valence-electron chi connectivity index (χ4n) is 0.644. The first-order valence-corrected chi connectivity index (χ1v) is 3.37. The Kier molecular flexibility index (Phi) is 5.01. The SMILES string of the molecule is C#CCCC[C@@H](C)C=C. The highest BCUT2D eigenvalue weighted by Gasteiger charge is 1.92. The predicted octanol–water partition coefficient (Wildman–Crippen LogP) is 2.61. The van der Waals surface area contributed by atoms with Gasteiger partial charge in [0, 0.05) is 6.42 Å². The van der Waals surface area contributed by atoms with E-state index >= 15 is 0 Å². The lowest BCUT2D eigenvalue weighted by molar-refractivity contribution is 0.617. The van der Waals surface area contributed by atoms with E-state index in [0.29, 0.717) is 5.92 Å². The summed E-state index contributed by atoms with van der Waals surface area (Å²) < 4.78 is 0. The quantitative estimate of drug-likeness (QED) is 0.305. The molecule has 0 aliphatic heterocycles. The van der Waals surface area contributed by atoms with Crippen molar-refractivity contribution in [2.75, 3.05) is 0 Å². The van der Waals surface area contributed by atoms with Crippen LogP contribution in [0.1, 0.15) is 26.2 Å². The predicted molar refractivity (Wildman–Crippen MR) is 42.0 cm³/mol. The summed E-state index contributed by atoms with van der Waals surface area (Å²) in [6.45, 7) is 5.84. The highest BCUT2D eigenvalue weighted by atomic mass is 14.0. The molecule has 0 aliphatic rings. The van der Waals surface area contributed by atoms with Gasteiger partial charge in [0.2, 0.25) is 0 Å². The van der Waals surface area contributed by atoms with Crippen molar-refractivity contribution in [2.24, 2.45) is 5.92 Å². The maximum Gasteiger partial charge on any atom is 0.00862 e. The molecule has 0 heteroatoms. The number of terminal acetylenes is 1. The Morgan fingerprint density at radius 3 is 2.89 bits per heavy atom. The van der Waals surface area contributed by atoms with Gasteiger partial charge in [-0.25, -0.2) is 0 Å². The first-order chi connectivity index (χ1) is 4.31. The van der Waals surface area contributed by atoms with Gasteiger partial charge in [0.25, 0.3) is 0 Å². The van der Waals surface area contributed by atoms with Crippen LogP contribution in [0.15, 0.2) is 12.7 Å². The Hall–Kier alpha value is -0.700. The molecular formula is C9H14. The zero-order valence-electron chi connectivity index (χ0n) is 6.06. The van der Waals surface area contributed by atoms with Gasteiger partial charge >= 0.3 is 0 Å². The number of allylic oxidation sites excluding steroid dienone is 1. The molecule has 0 fully saturated rings. The molecule has 0 saturated carbocycles. The number of rotatable bonds is 4. The second kappa shape index (κ2) is 5.44. The smallest absolute Gasteiger partial charge is 0.00862 e. The molecule has 0 heterocycles. The molecule has 9 heavy (non-hydrogen) atoms. The Morgan fingerprint density at radius 1 is 1.78 bits per heavy atom. The summed E-state index contributed by atoms with van der Waals surface area (Å²) in [5, 5.41) is 0. The molecule has 0 aromatic rings. The summed E-state index contributed by atoms with van der Waals surface area (Å²) in [6.07, 6.45) is 10.3. The van der Waals surface area contributed by atoms with Gasteiger partial charge in [-0.15, -0.1) is 18.9 Å². The second-order valence-corrected chi connectivity index (χ2v) is 2.31. The van der Waals surface area contributed by atoms with Crippen molar-refractivity contribution >= 4 is 0 Å². The molecule has 0 spiro atoms. The van der Waals surface area contributed by atoms with Gasteiger partial charge in [0.15, 0.2) is 0 Å². The molecule has 50 valence electrons. The molecule has 0 N–H and O–H groups in total. The van der Waals surface area contributed by atoms with Gasteiger partial charge < -0.3 is 0 Å². The standard InChI is InChI=1S/C9H14/c1-4-6-7-8-9(3)5-2/h1,5,9H,2,6-8H2,3H3/t9-/m0/s1. The normalized spacial score (nSPS) is 12.0.